The minimum Gasteiger partial charge on any atom is -0.330 e. The molecule has 0 atom stereocenters. The van der Waals surface area contributed by atoms with Crippen LogP contribution >= 0.6 is 27.7 Å². The van der Waals surface area contributed by atoms with E-state index in [0.717, 1.165) is 12.3 Å². The summed E-state index contributed by atoms with van der Waals surface area (Å²) < 4.78 is 1.19. The average Bonchev–Trinajstić information content (AvgIpc) is 2.98. The molecule has 0 spiro atoms. The molecule has 0 heterocycles. The highest BCUT2D eigenvalue weighted by Crippen LogP contribution is 2.48. The van der Waals surface area contributed by atoms with E-state index in [1.807, 2.05) is 17.8 Å². The van der Waals surface area contributed by atoms with Crippen LogP contribution in [0.2, 0.25) is 0 Å². The largest absolute Gasteiger partial charge is 0.330 e. The van der Waals surface area contributed by atoms with Crippen LogP contribution in [0.25, 0.3) is 0 Å². The summed E-state index contributed by atoms with van der Waals surface area (Å²) in [6.07, 6.45) is 2.61. The fourth-order valence-electron chi connectivity index (χ4n) is 1.38. The van der Waals surface area contributed by atoms with E-state index in [1.54, 1.807) is 0 Å². The van der Waals surface area contributed by atoms with Crippen LogP contribution in [-0.4, -0.2) is 12.3 Å². The number of halogens is 1. The van der Waals surface area contributed by atoms with Gasteiger partial charge in [0.2, 0.25) is 0 Å². The van der Waals surface area contributed by atoms with Crippen LogP contribution in [0, 0.1) is 5.41 Å². The lowest BCUT2D eigenvalue weighted by Gasteiger charge is -2.11. The maximum Gasteiger partial charge on any atom is 0.0311 e. The molecule has 0 aromatic heterocycles. The Bertz CT molecular complexity index is 323. The van der Waals surface area contributed by atoms with Crippen molar-refractivity contribution in [2.75, 3.05) is 12.3 Å². The predicted octanol–water partition coefficient (Wildman–Crippen LogP) is 3.28. The molecule has 0 radical (unpaired) electrons. The van der Waals surface area contributed by atoms with Gasteiger partial charge in [-0.3, -0.25) is 0 Å². The van der Waals surface area contributed by atoms with Crippen molar-refractivity contribution in [3.8, 4) is 0 Å². The van der Waals surface area contributed by atoms with Crippen molar-refractivity contribution in [1.29, 1.82) is 0 Å². The van der Waals surface area contributed by atoms with E-state index in [2.05, 4.69) is 34.1 Å². The van der Waals surface area contributed by atoms with Crippen LogP contribution in [-0.2, 0) is 0 Å². The van der Waals surface area contributed by atoms with Crippen LogP contribution < -0.4 is 5.73 Å². The molecule has 3 heteroatoms. The zero-order valence-electron chi connectivity index (χ0n) is 8.00. The van der Waals surface area contributed by atoms with Gasteiger partial charge < -0.3 is 5.73 Å². The fraction of sp³-hybridized carbons (Fsp3) is 0.455. The van der Waals surface area contributed by atoms with Gasteiger partial charge in [-0.05, 0) is 52.9 Å². The molecule has 1 nitrogen and oxygen atoms in total. The number of rotatable bonds is 4. The molecule has 14 heavy (non-hydrogen) atoms. The molecule has 0 aliphatic heterocycles. The first-order chi connectivity index (χ1) is 6.76. The summed E-state index contributed by atoms with van der Waals surface area (Å²) in [6.45, 7) is 0.838. The Morgan fingerprint density at radius 3 is 2.64 bits per heavy atom. The van der Waals surface area contributed by atoms with Crippen molar-refractivity contribution in [2.24, 2.45) is 11.1 Å². The van der Waals surface area contributed by atoms with Gasteiger partial charge in [-0.15, -0.1) is 11.8 Å². The highest BCUT2D eigenvalue weighted by Gasteiger charge is 2.40. The highest BCUT2D eigenvalue weighted by atomic mass is 79.9. The average molecular weight is 272 g/mol. The molecule has 0 saturated heterocycles. The van der Waals surface area contributed by atoms with Gasteiger partial charge in [-0.2, -0.15) is 0 Å². The second-order valence-electron chi connectivity index (χ2n) is 3.92. The normalized spacial score (nSPS) is 18.1. The third-order valence-electron chi connectivity index (χ3n) is 2.76. The van der Waals surface area contributed by atoms with Gasteiger partial charge in [0.05, 0.1) is 0 Å². The van der Waals surface area contributed by atoms with Gasteiger partial charge in [-0.1, -0.05) is 12.1 Å². The maximum absolute atomic E-state index is 5.75. The molecule has 0 unspecified atom stereocenters. The number of benzene rings is 1. The minimum atomic E-state index is 0.458. The number of hydrogen-bond donors (Lipinski definition) is 1. The third kappa shape index (κ3) is 2.33. The first-order valence-electron chi connectivity index (χ1n) is 4.83. The quantitative estimate of drug-likeness (QED) is 0.851. The zero-order chi connectivity index (χ0) is 10.0. The topological polar surface area (TPSA) is 26.0 Å². The Morgan fingerprint density at radius 1 is 1.36 bits per heavy atom. The molecular weight excluding hydrogens is 258 g/mol. The van der Waals surface area contributed by atoms with Gasteiger partial charge >= 0.3 is 0 Å². The van der Waals surface area contributed by atoms with Gasteiger partial charge in [0.15, 0.2) is 0 Å². The smallest absolute Gasteiger partial charge is 0.0311 e. The Kier molecular flexibility index (Phi) is 3.20. The lowest BCUT2D eigenvalue weighted by Crippen LogP contribution is -2.17. The molecule has 0 bridgehead atoms. The van der Waals surface area contributed by atoms with Gasteiger partial charge in [-0.25, -0.2) is 0 Å². The summed E-state index contributed by atoms with van der Waals surface area (Å²) in [5.41, 5.74) is 6.20. The van der Waals surface area contributed by atoms with Crippen LogP contribution in [0.4, 0.5) is 0 Å². The Balaban J connectivity index is 1.95. The summed E-state index contributed by atoms with van der Waals surface area (Å²) >= 11 is 5.47. The first-order valence-corrected chi connectivity index (χ1v) is 6.61. The van der Waals surface area contributed by atoms with Crippen LogP contribution in [0.3, 0.4) is 0 Å². The monoisotopic (exact) mass is 271 g/mol. The number of thioether (sulfide) groups is 1. The number of hydrogen-bond acceptors (Lipinski definition) is 2. The summed E-state index contributed by atoms with van der Waals surface area (Å²) in [5, 5.41) is 0. The van der Waals surface area contributed by atoms with E-state index >= 15 is 0 Å². The van der Waals surface area contributed by atoms with Crippen molar-refractivity contribution in [3.05, 3.63) is 28.7 Å². The van der Waals surface area contributed by atoms with E-state index in [1.165, 1.54) is 22.2 Å². The fourth-order valence-corrected chi connectivity index (χ4v) is 3.25. The van der Waals surface area contributed by atoms with Crippen molar-refractivity contribution in [1.82, 2.24) is 0 Å². The summed E-state index contributed by atoms with van der Waals surface area (Å²) in [7, 11) is 0. The van der Waals surface area contributed by atoms with Crippen molar-refractivity contribution >= 4 is 27.7 Å². The van der Waals surface area contributed by atoms with E-state index < -0.39 is 0 Å². The summed E-state index contributed by atoms with van der Waals surface area (Å²) in [5.74, 6) is 1.16. The number of nitrogens with two attached hydrogens (primary N) is 1. The first kappa shape index (κ1) is 10.5. The van der Waals surface area contributed by atoms with Crippen LogP contribution in [0.1, 0.15) is 12.8 Å². The molecule has 0 amide bonds. The molecule has 1 aliphatic rings. The van der Waals surface area contributed by atoms with Gasteiger partial charge in [0.25, 0.3) is 0 Å². The Hall–Kier alpha value is 0.01000. The minimum absolute atomic E-state index is 0.458. The standard InChI is InChI=1S/C11H14BrNS/c12-9-3-1-2-4-10(9)14-8-11(7-13)5-6-11/h1-4H,5-8,13H2. The molecular formula is C11H14BrNS. The zero-order valence-corrected chi connectivity index (χ0v) is 10.4. The second-order valence-corrected chi connectivity index (χ2v) is 5.79. The van der Waals surface area contributed by atoms with E-state index in [-0.39, 0.29) is 0 Å². The van der Waals surface area contributed by atoms with Crippen molar-refractivity contribution in [3.63, 3.8) is 0 Å². The molecule has 1 saturated carbocycles. The molecule has 1 fully saturated rings. The Morgan fingerprint density at radius 2 is 2.07 bits per heavy atom. The lowest BCUT2D eigenvalue weighted by atomic mass is 10.1. The summed E-state index contributed by atoms with van der Waals surface area (Å²) in [4.78, 5) is 1.33. The van der Waals surface area contributed by atoms with Gasteiger partial charge in [0, 0.05) is 15.1 Å². The van der Waals surface area contributed by atoms with E-state index in [9.17, 15) is 0 Å². The lowest BCUT2D eigenvalue weighted by molar-refractivity contribution is 0.600. The molecule has 1 aliphatic carbocycles. The van der Waals surface area contributed by atoms with Crippen molar-refractivity contribution < 1.29 is 0 Å². The highest BCUT2D eigenvalue weighted by molar-refractivity contribution is 9.10. The summed E-state index contributed by atoms with van der Waals surface area (Å²) in [6, 6.07) is 8.37. The van der Waals surface area contributed by atoms with Gasteiger partial charge in [0.1, 0.15) is 0 Å². The molecule has 1 aromatic carbocycles. The molecule has 2 N–H and O–H groups in total. The predicted molar refractivity (Wildman–Crippen MR) is 65.6 cm³/mol. The van der Waals surface area contributed by atoms with Crippen molar-refractivity contribution in [2.45, 2.75) is 17.7 Å². The van der Waals surface area contributed by atoms with Crippen LogP contribution in [0.15, 0.2) is 33.6 Å². The molecule has 1 aromatic rings. The van der Waals surface area contributed by atoms with E-state index in [0.29, 0.717) is 5.41 Å². The molecule has 2 rings (SSSR count). The molecule has 76 valence electrons. The SMILES string of the molecule is NCC1(CSc2ccccc2Br)CC1. The Labute approximate surface area is 97.6 Å². The third-order valence-corrected chi connectivity index (χ3v) is 5.14. The second kappa shape index (κ2) is 4.25. The maximum atomic E-state index is 5.75. The van der Waals surface area contributed by atoms with Crippen LogP contribution in [0.5, 0.6) is 0 Å². The van der Waals surface area contributed by atoms with E-state index in [4.69, 9.17) is 5.73 Å².